The van der Waals surface area contributed by atoms with Crippen LogP contribution in [-0.4, -0.2) is 45.3 Å². The largest absolute Gasteiger partial charge is 0.381 e. The first kappa shape index (κ1) is 15.3. The number of likely N-dealkylation sites (tertiary alicyclic amines) is 1. The summed E-state index contributed by atoms with van der Waals surface area (Å²) in [6.07, 6.45) is 2.60. The van der Waals surface area contributed by atoms with Gasteiger partial charge in [-0.2, -0.15) is 0 Å². The van der Waals surface area contributed by atoms with Gasteiger partial charge in [0.2, 0.25) is 0 Å². The molecule has 1 aliphatic rings. The molecule has 0 unspecified atom stereocenters. The number of hydrogen-bond donors (Lipinski definition) is 0. The van der Waals surface area contributed by atoms with Crippen molar-refractivity contribution in [1.29, 1.82) is 0 Å². The van der Waals surface area contributed by atoms with Crippen LogP contribution in [0, 0.1) is 5.92 Å². The Balaban J connectivity index is 1.95. The van der Waals surface area contributed by atoms with E-state index >= 15 is 0 Å². The Kier molecular flexibility index (Phi) is 5.86. The molecular weight excluding hydrogens is 248 g/mol. The Morgan fingerprint density at radius 1 is 1.30 bits per heavy atom. The lowest BCUT2D eigenvalue weighted by Gasteiger charge is -2.33. The second-order valence-corrected chi connectivity index (χ2v) is 5.93. The number of anilines is 1. The Morgan fingerprint density at radius 3 is 2.85 bits per heavy atom. The van der Waals surface area contributed by atoms with Crippen LogP contribution >= 0.6 is 0 Å². The molecule has 0 amide bonds. The van der Waals surface area contributed by atoms with E-state index in [4.69, 9.17) is 4.74 Å². The second-order valence-electron chi connectivity index (χ2n) is 5.93. The summed E-state index contributed by atoms with van der Waals surface area (Å²) in [7, 11) is 4.24. The van der Waals surface area contributed by atoms with Crippen molar-refractivity contribution in [3.8, 4) is 0 Å². The van der Waals surface area contributed by atoms with E-state index in [9.17, 15) is 0 Å². The molecule has 0 radical (unpaired) electrons. The average Bonchev–Trinajstić information content (AvgIpc) is 2.46. The fourth-order valence-corrected chi connectivity index (χ4v) is 3.04. The molecule has 0 N–H and O–H groups in total. The molecule has 0 spiro atoms. The van der Waals surface area contributed by atoms with E-state index in [1.54, 1.807) is 0 Å². The molecule has 1 aromatic carbocycles. The first-order chi connectivity index (χ1) is 9.70. The summed E-state index contributed by atoms with van der Waals surface area (Å²) >= 11 is 0. The first-order valence-corrected chi connectivity index (χ1v) is 7.76. The van der Waals surface area contributed by atoms with Crippen molar-refractivity contribution in [2.75, 3.05) is 45.3 Å². The number of para-hydroxylation sites is 1. The number of piperidine rings is 1. The lowest BCUT2D eigenvalue weighted by molar-refractivity contribution is 0.0648. The fourth-order valence-electron chi connectivity index (χ4n) is 3.04. The van der Waals surface area contributed by atoms with Crippen molar-refractivity contribution in [1.82, 2.24) is 4.90 Å². The summed E-state index contributed by atoms with van der Waals surface area (Å²) in [5, 5.41) is 0. The Hall–Kier alpha value is -1.06. The van der Waals surface area contributed by atoms with Crippen LogP contribution in [0.4, 0.5) is 5.69 Å². The molecule has 0 aromatic heterocycles. The molecule has 1 aromatic rings. The highest BCUT2D eigenvalue weighted by Gasteiger charge is 2.20. The van der Waals surface area contributed by atoms with Gasteiger partial charge in [-0.3, -0.25) is 4.90 Å². The molecule has 1 fully saturated rings. The molecule has 20 heavy (non-hydrogen) atoms. The molecule has 0 aliphatic carbocycles. The molecule has 0 saturated carbocycles. The third-order valence-electron chi connectivity index (χ3n) is 4.03. The van der Waals surface area contributed by atoms with Gasteiger partial charge in [-0.25, -0.2) is 0 Å². The van der Waals surface area contributed by atoms with Crippen molar-refractivity contribution < 1.29 is 4.74 Å². The predicted molar refractivity (Wildman–Crippen MR) is 85.3 cm³/mol. The monoisotopic (exact) mass is 276 g/mol. The zero-order valence-corrected chi connectivity index (χ0v) is 13.1. The van der Waals surface area contributed by atoms with E-state index in [-0.39, 0.29) is 0 Å². The molecule has 1 saturated heterocycles. The topological polar surface area (TPSA) is 15.7 Å². The Labute approximate surface area is 123 Å². The number of nitrogens with zero attached hydrogens (tertiary/aromatic N) is 2. The summed E-state index contributed by atoms with van der Waals surface area (Å²) in [5.74, 6) is 0.704. The average molecular weight is 276 g/mol. The van der Waals surface area contributed by atoms with Crippen molar-refractivity contribution in [3.63, 3.8) is 0 Å². The molecule has 3 nitrogen and oxygen atoms in total. The van der Waals surface area contributed by atoms with Crippen LogP contribution < -0.4 is 4.90 Å². The zero-order chi connectivity index (χ0) is 14.4. The van der Waals surface area contributed by atoms with E-state index in [0.717, 1.165) is 19.8 Å². The van der Waals surface area contributed by atoms with Crippen molar-refractivity contribution in [3.05, 3.63) is 29.8 Å². The lowest BCUT2D eigenvalue weighted by atomic mass is 9.98. The quantitative estimate of drug-likeness (QED) is 0.794. The van der Waals surface area contributed by atoms with Crippen molar-refractivity contribution in [2.24, 2.45) is 5.92 Å². The maximum absolute atomic E-state index is 5.60. The summed E-state index contributed by atoms with van der Waals surface area (Å²) in [6, 6.07) is 8.72. The normalized spacial score (nSPS) is 20.1. The van der Waals surface area contributed by atoms with Gasteiger partial charge in [-0.1, -0.05) is 18.2 Å². The third-order valence-corrected chi connectivity index (χ3v) is 4.03. The van der Waals surface area contributed by atoms with E-state index in [1.807, 2.05) is 0 Å². The maximum atomic E-state index is 5.60. The minimum atomic E-state index is 0.704. The number of ether oxygens (including phenoxy) is 1. The minimum absolute atomic E-state index is 0.704. The van der Waals surface area contributed by atoms with E-state index in [1.165, 1.54) is 37.2 Å². The Bertz CT molecular complexity index is 406. The van der Waals surface area contributed by atoms with Gasteiger partial charge >= 0.3 is 0 Å². The number of rotatable bonds is 6. The highest BCUT2D eigenvalue weighted by atomic mass is 16.5. The van der Waals surface area contributed by atoms with Gasteiger partial charge in [-0.05, 0) is 43.9 Å². The molecule has 1 atom stereocenters. The summed E-state index contributed by atoms with van der Waals surface area (Å²) in [4.78, 5) is 4.78. The van der Waals surface area contributed by atoms with E-state index in [0.29, 0.717) is 5.92 Å². The first-order valence-electron chi connectivity index (χ1n) is 7.76. The fraction of sp³-hybridized carbons (Fsp3) is 0.647. The molecular formula is C17H28N2O. The van der Waals surface area contributed by atoms with Crippen molar-refractivity contribution >= 4 is 5.69 Å². The van der Waals surface area contributed by atoms with Gasteiger partial charge in [-0.15, -0.1) is 0 Å². The Morgan fingerprint density at radius 2 is 2.10 bits per heavy atom. The molecule has 1 heterocycles. The van der Waals surface area contributed by atoms with E-state index < -0.39 is 0 Å². The van der Waals surface area contributed by atoms with Crippen LogP contribution in [0.25, 0.3) is 0 Å². The summed E-state index contributed by atoms with van der Waals surface area (Å²) < 4.78 is 5.60. The molecule has 1 aliphatic heterocycles. The van der Waals surface area contributed by atoms with Gasteiger partial charge in [0.1, 0.15) is 0 Å². The molecule has 3 heteroatoms. The molecule has 112 valence electrons. The van der Waals surface area contributed by atoms with Crippen LogP contribution in [0.1, 0.15) is 25.3 Å². The van der Waals surface area contributed by atoms with Gasteiger partial charge in [0.15, 0.2) is 0 Å². The molecule has 0 bridgehead atoms. The maximum Gasteiger partial charge on any atom is 0.0506 e. The van der Waals surface area contributed by atoms with Crippen LogP contribution in [0.2, 0.25) is 0 Å². The summed E-state index contributed by atoms with van der Waals surface area (Å²) in [6.45, 7) is 7.26. The lowest BCUT2D eigenvalue weighted by Crippen LogP contribution is -2.37. The van der Waals surface area contributed by atoms with E-state index in [2.05, 4.69) is 55.1 Å². The van der Waals surface area contributed by atoms with Crippen LogP contribution in [-0.2, 0) is 11.3 Å². The van der Waals surface area contributed by atoms with Gasteiger partial charge in [0.25, 0.3) is 0 Å². The minimum Gasteiger partial charge on any atom is -0.381 e. The van der Waals surface area contributed by atoms with Crippen LogP contribution in [0.3, 0.4) is 0 Å². The van der Waals surface area contributed by atoms with Crippen molar-refractivity contribution in [2.45, 2.75) is 26.3 Å². The SMILES string of the molecule is CCOC[C@H]1CCCN(Cc2ccccc2N(C)C)C1. The van der Waals surface area contributed by atoms with Gasteiger partial charge in [0.05, 0.1) is 6.61 Å². The van der Waals surface area contributed by atoms with Crippen LogP contribution in [0.15, 0.2) is 24.3 Å². The third kappa shape index (κ3) is 4.22. The zero-order valence-electron chi connectivity index (χ0n) is 13.1. The smallest absolute Gasteiger partial charge is 0.0506 e. The number of hydrogen-bond acceptors (Lipinski definition) is 3. The highest BCUT2D eigenvalue weighted by molar-refractivity contribution is 5.52. The van der Waals surface area contributed by atoms with Gasteiger partial charge in [0, 0.05) is 39.5 Å². The number of benzene rings is 1. The standard InChI is InChI=1S/C17H28N2O/c1-4-20-14-15-8-7-11-19(12-15)13-16-9-5-6-10-17(16)18(2)3/h5-6,9-10,15H,4,7-8,11-14H2,1-3H3/t15-/m0/s1. The second kappa shape index (κ2) is 7.65. The van der Waals surface area contributed by atoms with Gasteiger partial charge < -0.3 is 9.64 Å². The highest BCUT2D eigenvalue weighted by Crippen LogP contribution is 2.23. The summed E-state index contributed by atoms with van der Waals surface area (Å²) in [5.41, 5.74) is 2.76. The molecule has 2 rings (SSSR count). The predicted octanol–water partition coefficient (Wildman–Crippen LogP) is 3.00. The van der Waals surface area contributed by atoms with Crippen LogP contribution in [0.5, 0.6) is 0 Å².